The van der Waals surface area contributed by atoms with Gasteiger partial charge in [-0.25, -0.2) is 4.79 Å². The van der Waals surface area contributed by atoms with Gasteiger partial charge in [0.15, 0.2) is 0 Å². The Morgan fingerprint density at radius 2 is 2.11 bits per heavy atom. The number of nitrogens with zero attached hydrogens (tertiary/aromatic N) is 2. The van der Waals surface area contributed by atoms with Crippen LogP contribution in [-0.2, 0) is 20.7 Å². The van der Waals surface area contributed by atoms with Gasteiger partial charge in [-0.1, -0.05) is 18.2 Å². The highest BCUT2D eigenvalue weighted by atomic mass is 16.5. The second kappa shape index (κ2) is 6.36. The van der Waals surface area contributed by atoms with Crippen LogP contribution in [0.2, 0.25) is 0 Å². The average molecular weight is 382 g/mol. The SMILES string of the molecule is COC(=O)C1=CO[C@H](C)[C@@H]2[C@@H]1C[C@@H]1c3c(c4ccccc4n3[C@@H]2O)CCN1C. The number of esters is 1. The molecule has 2 aromatic rings. The monoisotopic (exact) mass is 382 g/mol. The number of likely N-dealkylation sites (N-methyl/N-ethyl adjacent to an activating group) is 1. The molecule has 6 heteroatoms. The van der Waals surface area contributed by atoms with Crippen molar-refractivity contribution in [2.75, 3.05) is 20.7 Å². The summed E-state index contributed by atoms with van der Waals surface area (Å²) in [7, 11) is 3.53. The first-order valence-corrected chi connectivity index (χ1v) is 9.96. The van der Waals surface area contributed by atoms with Crippen molar-refractivity contribution < 1.29 is 19.4 Å². The Morgan fingerprint density at radius 1 is 1.32 bits per heavy atom. The van der Waals surface area contributed by atoms with Gasteiger partial charge in [-0.15, -0.1) is 0 Å². The summed E-state index contributed by atoms with van der Waals surface area (Å²) in [6.45, 7) is 2.93. The van der Waals surface area contributed by atoms with E-state index in [0.717, 1.165) is 24.9 Å². The van der Waals surface area contributed by atoms with E-state index in [-0.39, 0.29) is 30.0 Å². The van der Waals surface area contributed by atoms with Gasteiger partial charge in [0.05, 0.1) is 30.5 Å². The minimum absolute atomic E-state index is 0.122. The molecule has 1 N–H and O–H groups in total. The third-order valence-corrected chi connectivity index (χ3v) is 6.94. The predicted octanol–water partition coefficient (Wildman–Crippen LogP) is 2.77. The van der Waals surface area contributed by atoms with E-state index in [1.165, 1.54) is 23.8 Å². The van der Waals surface area contributed by atoms with Crippen molar-refractivity contribution in [1.29, 1.82) is 0 Å². The fourth-order valence-electron chi connectivity index (χ4n) is 5.56. The van der Waals surface area contributed by atoms with Gasteiger partial charge in [-0.2, -0.15) is 0 Å². The smallest absolute Gasteiger partial charge is 0.337 e. The number of aromatic nitrogens is 1. The molecule has 1 aromatic heterocycles. The summed E-state index contributed by atoms with van der Waals surface area (Å²) in [6.07, 6.45) is 2.31. The Balaban J connectivity index is 1.74. The highest BCUT2D eigenvalue weighted by molar-refractivity contribution is 5.89. The number of ether oxygens (including phenoxy) is 2. The van der Waals surface area contributed by atoms with Gasteiger partial charge < -0.3 is 19.1 Å². The van der Waals surface area contributed by atoms with Crippen molar-refractivity contribution in [3.8, 4) is 0 Å². The van der Waals surface area contributed by atoms with Crippen LogP contribution in [0.15, 0.2) is 36.1 Å². The first-order chi connectivity index (χ1) is 13.5. The first kappa shape index (κ1) is 17.8. The van der Waals surface area contributed by atoms with Crippen molar-refractivity contribution in [2.24, 2.45) is 11.8 Å². The van der Waals surface area contributed by atoms with E-state index in [1.807, 2.05) is 13.0 Å². The van der Waals surface area contributed by atoms with Gasteiger partial charge in [-0.05, 0) is 38.4 Å². The molecule has 0 unspecified atom stereocenters. The molecule has 0 aliphatic carbocycles. The normalized spacial score (nSPS) is 32.0. The molecule has 0 fully saturated rings. The van der Waals surface area contributed by atoms with Crippen LogP contribution in [0.25, 0.3) is 10.9 Å². The minimum Gasteiger partial charge on any atom is -0.497 e. The van der Waals surface area contributed by atoms with Gasteiger partial charge in [0, 0.05) is 29.5 Å². The standard InChI is InChI=1S/C22H26N2O4/c1-12-19-15(16(11-28-12)22(26)27-3)10-18-20-14(8-9-23(18)2)13-6-4-5-7-17(13)24(20)21(19)25/h4-7,11-12,15,18-19,21,25H,8-10H2,1-3H3/t12-,15-,18-,19-,21-/m1/s1. The molecule has 0 saturated carbocycles. The number of aliphatic hydroxyl groups excluding tert-OH is 1. The van der Waals surface area contributed by atoms with Gasteiger partial charge in [0.1, 0.15) is 12.3 Å². The van der Waals surface area contributed by atoms with E-state index >= 15 is 0 Å². The number of benzene rings is 1. The molecule has 5 atom stereocenters. The van der Waals surface area contributed by atoms with Crippen LogP contribution < -0.4 is 0 Å². The maximum absolute atomic E-state index is 12.5. The molecule has 0 radical (unpaired) electrons. The van der Waals surface area contributed by atoms with Crippen molar-refractivity contribution in [2.45, 2.75) is 38.1 Å². The van der Waals surface area contributed by atoms with E-state index in [1.54, 1.807) is 6.26 Å². The van der Waals surface area contributed by atoms with Crippen LogP contribution in [0.5, 0.6) is 0 Å². The molecular weight excluding hydrogens is 356 g/mol. The zero-order valence-electron chi connectivity index (χ0n) is 16.5. The van der Waals surface area contributed by atoms with Crippen molar-refractivity contribution >= 4 is 16.9 Å². The van der Waals surface area contributed by atoms with Crippen molar-refractivity contribution in [3.05, 3.63) is 47.4 Å². The van der Waals surface area contributed by atoms with E-state index in [0.29, 0.717) is 5.57 Å². The summed E-state index contributed by atoms with van der Waals surface area (Å²) in [6, 6.07) is 8.45. The van der Waals surface area contributed by atoms with E-state index in [2.05, 4.69) is 34.7 Å². The molecule has 0 amide bonds. The number of carbonyl (C=O) groups excluding carboxylic acids is 1. The van der Waals surface area contributed by atoms with Crippen molar-refractivity contribution in [3.63, 3.8) is 0 Å². The zero-order chi connectivity index (χ0) is 19.6. The van der Waals surface area contributed by atoms with Crippen LogP contribution >= 0.6 is 0 Å². The predicted molar refractivity (Wildman–Crippen MR) is 105 cm³/mol. The fraction of sp³-hybridized carbons (Fsp3) is 0.500. The van der Waals surface area contributed by atoms with Crippen LogP contribution in [0.1, 0.15) is 36.9 Å². The number of aliphatic hydroxyl groups is 1. The lowest BCUT2D eigenvalue weighted by molar-refractivity contribution is -0.139. The summed E-state index contributed by atoms with van der Waals surface area (Å²) in [4.78, 5) is 14.8. The summed E-state index contributed by atoms with van der Waals surface area (Å²) in [5, 5.41) is 12.8. The molecule has 28 heavy (non-hydrogen) atoms. The molecule has 5 rings (SSSR count). The Bertz CT molecular complexity index is 978. The highest BCUT2D eigenvalue weighted by Gasteiger charge is 2.49. The van der Waals surface area contributed by atoms with Gasteiger partial charge in [0.2, 0.25) is 0 Å². The van der Waals surface area contributed by atoms with E-state index in [9.17, 15) is 9.90 Å². The van der Waals surface area contributed by atoms with E-state index < -0.39 is 6.23 Å². The third-order valence-electron chi connectivity index (χ3n) is 6.94. The van der Waals surface area contributed by atoms with Gasteiger partial charge in [0.25, 0.3) is 0 Å². The third kappa shape index (κ3) is 2.31. The van der Waals surface area contributed by atoms with Crippen LogP contribution in [0.4, 0.5) is 0 Å². The maximum Gasteiger partial charge on any atom is 0.337 e. The maximum atomic E-state index is 12.5. The molecule has 0 spiro atoms. The van der Waals surface area contributed by atoms with Gasteiger partial charge >= 0.3 is 5.97 Å². The summed E-state index contributed by atoms with van der Waals surface area (Å²) < 4.78 is 12.9. The van der Waals surface area contributed by atoms with Crippen LogP contribution in [0, 0.1) is 11.8 Å². The Morgan fingerprint density at radius 3 is 2.89 bits per heavy atom. The highest BCUT2D eigenvalue weighted by Crippen LogP contribution is 2.51. The molecular formula is C22H26N2O4. The number of fused-ring (bicyclic) bond motifs is 4. The number of hydrogen-bond acceptors (Lipinski definition) is 5. The molecule has 1 aromatic carbocycles. The molecule has 148 valence electrons. The molecule has 4 heterocycles. The van der Waals surface area contributed by atoms with Crippen LogP contribution in [-0.4, -0.2) is 47.3 Å². The summed E-state index contributed by atoms with van der Waals surface area (Å²) in [5.74, 6) is -0.717. The lowest BCUT2D eigenvalue weighted by Crippen LogP contribution is -2.40. The second-order valence-corrected chi connectivity index (χ2v) is 8.24. The minimum atomic E-state index is -0.765. The zero-order valence-corrected chi connectivity index (χ0v) is 16.5. The van der Waals surface area contributed by atoms with E-state index in [4.69, 9.17) is 9.47 Å². The largest absolute Gasteiger partial charge is 0.497 e. The average Bonchev–Trinajstić information content (AvgIpc) is 2.96. The summed E-state index contributed by atoms with van der Waals surface area (Å²) >= 11 is 0. The Labute approximate surface area is 164 Å². The number of carbonyl (C=O) groups is 1. The number of hydrogen-bond donors (Lipinski definition) is 1. The number of methoxy groups -OCH3 is 1. The lowest BCUT2D eigenvalue weighted by atomic mass is 9.76. The molecule has 6 nitrogen and oxygen atoms in total. The first-order valence-electron chi connectivity index (χ1n) is 9.96. The molecule has 0 bridgehead atoms. The Hall–Kier alpha value is -2.31. The van der Waals surface area contributed by atoms with Gasteiger partial charge in [-0.3, -0.25) is 4.90 Å². The quantitative estimate of drug-likeness (QED) is 0.769. The molecule has 3 aliphatic heterocycles. The number of para-hydroxylation sites is 1. The fourth-order valence-corrected chi connectivity index (χ4v) is 5.56. The van der Waals surface area contributed by atoms with Crippen molar-refractivity contribution in [1.82, 2.24) is 9.47 Å². The second-order valence-electron chi connectivity index (χ2n) is 8.24. The Kier molecular flexibility index (Phi) is 4.03. The number of rotatable bonds is 1. The summed E-state index contributed by atoms with van der Waals surface area (Å²) in [5.41, 5.74) is 4.10. The van der Waals surface area contributed by atoms with Crippen LogP contribution in [0.3, 0.4) is 0 Å². The topological polar surface area (TPSA) is 63.9 Å². The lowest BCUT2D eigenvalue weighted by Gasteiger charge is -2.38. The molecule has 3 aliphatic rings. The molecule has 0 saturated heterocycles.